The maximum absolute atomic E-state index is 5.45. The van der Waals surface area contributed by atoms with Crippen molar-refractivity contribution in [3.8, 4) is 32.7 Å². The third-order valence-electron chi connectivity index (χ3n) is 13.0. The third kappa shape index (κ3) is 11.1. The van der Waals surface area contributed by atoms with E-state index in [0.717, 1.165) is 82.0 Å². The fourth-order valence-electron chi connectivity index (χ4n) is 9.23. The van der Waals surface area contributed by atoms with Crippen molar-refractivity contribution in [1.82, 2.24) is 18.7 Å². The van der Waals surface area contributed by atoms with Gasteiger partial charge in [0.15, 0.2) is 0 Å². The van der Waals surface area contributed by atoms with E-state index in [9.17, 15) is 0 Å². The number of nitrogens with zero attached hydrogens (tertiary/aromatic N) is 5. The fourth-order valence-corrected chi connectivity index (χ4v) is 12.4. The minimum atomic E-state index is 0.763. The molecule has 0 radical (unpaired) electrons. The second kappa shape index (κ2) is 23.3. The maximum atomic E-state index is 5.45. The van der Waals surface area contributed by atoms with Crippen molar-refractivity contribution in [2.24, 2.45) is 5.92 Å². The van der Waals surface area contributed by atoms with Crippen LogP contribution in [-0.2, 0) is 19.3 Å². The summed E-state index contributed by atoms with van der Waals surface area (Å²) in [5.74, 6) is 0.763. The van der Waals surface area contributed by atoms with Crippen molar-refractivity contribution in [2.45, 2.75) is 164 Å². The molecule has 0 spiro atoms. The molecule has 62 heavy (non-hydrogen) atoms. The van der Waals surface area contributed by atoms with Crippen LogP contribution in [0.15, 0.2) is 60.7 Å². The van der Waals surface area contributed by atoms with Crippen LogP contribution in [0.5, 0.6) is 0 Å². The third-order valence-corrected chi connectivity index (χ3v) is 15.9. The molecule has 330 valence electrons. The Balaban J connectivity index is 1.17. The van der Waals surface area contributed by atoms with Gasteiger partial charge in [-0.2, -0.15) is 8.75 Å². The van der Waals surface area contributed by atoms with Crippen LogP contribution in [0.4, 0.5) is 5.69 Å². The summed E-state index contributed by atoms with van der Waals surface area (Å²) in [6.45, 7) is 15.9. The average molecular weight is 886 g/mol. The number of rotatable bonds is 26. The number of hydrogen-bond acceptors (Lipinski definition) is 8. The standard InChI is InChI=1S/C54H71N5S3/c1-7-13-16-18-20-22-33-59(34-23-21-19-17-14-8-2)42-31-29-40(30-32-42)39-25-27-41(28-26-39)49-51-52(56-45(12-6)44(11-5)55-51)50(54-53(49)57-62-58-54)48-37-47-46(61-48)36-43(60-47)35-38(10-4)24-15-9-3/h25-32,36-38H,7-24,33-35H2,1-6H3. The molecule has 0 amide bonds. The molecule has 0 aliphatic carbocycles. The topological polar surface area (TPSA) is 54.8 Å². The van der Waals surface area contributed by atoms with Crippen LogP contribution < -0.4 is 4.90 Å². The van der Waals surface area contributed by atoms with Crippen LogP contribution in [-0.4, -0.2) is 31.8 Å². The lowest BCUT2D eigenvalue weighted by molar-refractivity contribution is 0.452. The highest BCUT2D eigenvalue weighted by molar-refractivity contribution is 7.29. The van der Waals surface area contributed by atoms with Crippen LogP contribution >= 0.6 is 34.4 Å². The molecule has 0 saturated carbocycles. The van der Waals surface area contributed by atoms with Gasteiger partial charge in [-0.05, 0) is 79.0 Å². The summed E-state index contributed by atoms with van der Waals surface area (Å²) in [6.07, 6.45) is 24.0. The smallest absolute Gasteiger partial charge is 0.116 e. The van der Waals surface area contributed by atoms with Gasteiger partial charge in [-0.25, -0.2) is 9.97 Å². The van der Waals surface area contributed by atoms with Crippen LogP contribution in [0, 0.1) is 5.92 Å². The quantitative estimate of drug-likeness (QED) is 0.0507. The van der Waals surface area contributed by atoms with E-state index in [1.807, 2.05) is 22.7 Å². The molecule has 0 N–H and O–H groups in total. The average Bonchev–Trinajstić information content (AvgIpc) is 4.04. The largest absolute Gasteiger partial charge is 0.372 e. The molecule has 0 aliphatic rings. The van der Waals surface area contributed by atoms with E-state index < -0.39 is 0 Å². The zero-order chi connectivity index (χ0) is 43.3. The fraction of sp³-hybridized carbons (Fsp3) is 0.519. The summed E-state index contributed by atoms with van der Waals surface area (Å²) in [5.41, 5.74) is 12.9. The van der Waals surface area contributed by atoms with Gasteiger partial charge in [0.2, 0.25) is 0 Å². The molecule has 4 heterocycles. The highest BCUT2D eigenvalue weighted by Gasteiger charge is 2.25. The molecule has 0 aliphatic heterocycles. The van der Waals surface area contributed by atoms with Gasteiger partial charge < -0.3 is 4.90 Å². The van der Waals surface area contributed by atoms with Gasteiger partial charge in [-0.15, -0.1) is 22.7 Å². The van der Waals surface area contributed by atoms with Crippen molar-refractivity contribution in [3.63, 3.8) is 0 Å². The lowest BCUT2D eigenvalue weighted by atomic mass is 9.95. The first-order valence-electron chi connectivity index (χ1n) is 24.5. The molecule has 1 unspecified atom stereocenters. The Morgan fingerprint density at radius 2 is 1.03 bits per heavy atom. The number of thiophene rings is 2. The molecule has 5 nitrogen and oxygen atoms in total. The maximum Gasteiger partial charge on any atom is 0.116 e. The Morgan fingerprint density at radius 3 is 1.60 bits per heavy atom. The van der Waals surface area contributed by atoms with Gasteiger partial charge in [-0.1, -0.05) is 168 Å². The lowest BCUT2D eigenvalue weighted by Gasteiger charge is -2.25. The summed E-state index contributed by atoms with van der Waals surface area (Å²) >= 11 is 5.14. The molecule has 0 bridgehead atoms. The highest BCUT2D eigenvalue weighted by atomic mass is 32.1. The molecule has 3 aromatic carbocycles. The summed E-state index contributed by atoms with van der Waals surface area (Å²) in [4.78, 5) is 16.3. The summed E-state index contributed by atoms with van der Waals surface area (Å²) in [6, 6.07) is 23.2. The van der Waals surface area contributed by atoms with E-state index in [1.165, 1.54) is 157 Å². The number of aryl methyl sites for hydroxylation is 2. The van der Waals surface area contributed by atoms with Crippen molar-refractivity contribution in [2.75, 3.05) is 18.0 Å². The summed E-state index contributed by atoms with van der Waals surface area (Å²) in [5, 5.41) is 0. The zero-order valence-corrected chi connectivity index (χ0v) is 41.1. The van der Waals surface area contributed by atoms with Gasteiger partial charge in [-0.3, -0.25) is 0 Å². The second-order valence-electron chi connectivity index (χ2n) is 17.6. The van der Waals surface area contributed by atoms with Gasteiger partial charge in [0.05, 0.1) is 28.6 Å². The van der Waals surface area contributed by atoms with Crippen molar-refractivity contribution in [3.05, 3.63) is 76.9 Å². The van der Waals surface area contributed by atoms with Gasteiger partial charge in [0, 0.05) is 49.1 Å². The summed E-state index contributed by atoms with van der Waals surface area (Å²) in [7, 11) is 0. The molecule has 0 saturated heterocycles. The van der Waals surface area contributed by atoms with Crippen LogP contribution in [0.25, 0.3) is 64.2 Å². The zero-order valence-electron chi connectivity index (χ0n) is 38.7. The number of aromatic nitrogens is 4. The normalized spacial score (nSPS) is 12.4. The number of anilines is 1. The predicted molar refractivity (Wildman–Crippen MR) is 275 cm³/mol. The first-order chi connectivity index (χ1) is 30.5. The van der Waals surface area contributed by atoms with Crippen molar-refractivity contribution < 1.29 is 0 Å². The molecule has 8 heteroatoms. The minimum absolute atomic E-state index is 0.763. The SMILES string of the molecule is CCCCCCCCN(CCCCCCCC)c1ccc(-c2ccc(-c3c4nsnc4c(-c4cc5sc(CC(CC)CCCC)cc5s4)c4nc(CC)c(CC)nc34)cc2)cc1. The number of unbranched alkanes of at least 4 members (excludes halogenated alkanes) is 11. The Labute approximate surface area is 385 Å². The Kier molecular flexibility index (Phi) is 17.4. The number of hydrogen-bond donors (Lipinski definition) is 0. The summed E-state index contributed by atoms with van der Waals surface area (Å²) < 4.78 is 12.7. The van der Waals surface area contributed by atoms with Crippen LogP contribution in [0.2, 0.25) is 0 Å². The molecule has 7 rings (SSSR count). The highest BCUT2D eigenvalue weighted by Crippen LogP contribution is 2.47. The Morgan fingerprint density at radius 1 is 0.516 bits per heavy atom. The molecule has 0 fully saturated rings. The predicted octanol–water partition coefficient (Wildman–Crippen LogP) is 17.3. The Bertz CT molecular complexity index is 2390. The van der Waals surface area contributed by atoms with E-state index in [1.54, 1.807) is 0 Å². The first-order valence-corrected chi connectivity index (χ1v) is 26.8. The molecular formula is C54H71N5S3. The van der Waals surface area contributed by atoms with Crippen molar-refractivity contribution in [1.29, 1.82) is 0 Å². The van der Waals surface area contributed by atoms with E-state index >= 15 is 0 Å². The van der Waals surface area contributed by atoms with E-state index in [2.05, 4.69) is 107 Å². The van der Waals surface area contributed by atoms with Crippen molar-refractivity contribution >= 4 is 71.6 Å². The van der Waals surface area contributed by atoms with Crippen LogP contribution in [0.1, 0.15) is 161 Å². The molecule has 1 atom stereocenters. The van der Waals surface area contributed by atoms with E-state index in [4.69, 9.17) is 18.7 Å². The molecular weight excluding hydrogens is 815 g/mol. The van der Waals surface area contributed by atoms with E-state index in [-0.39, 0.29) is 0 Å². The van der Waals surface area contributed by atoms with Gasteiger partial charge in [0.25, 0.3) is 0 Å². The molecule has 4 aromatic heterocycles. The van der Waals surface area contributed by atoms with Crippen LogP contribution in [0.3, 0.4) is 0 Å². The van der Waals surface area contributed by atoms with Gasteiger partial charge >= 0.3 is 0 Å². The van der Waals surface area contributed by atoms with E-state index in [0.29, 0.717) is 0 Å². The second-order valence-corrected chi connectivity index (χ2v) is 20.3. The monoisotopic (exact) mass is 885 g/mol. The minimum Gasteiger partial charge on any atom is -0.372 e. The number of benzene rings is 3. The first kappa shape index (κ1) is 46.3. The Hall–Kier alpha value is -3.72. The number of fused-ring (bicyclic) bond motifs is 3. The molecule has 7 aromatic rings. The van der Waals surface area contributed by atoms with Gasteiger partial charge in [0.1, 0.15) is 16.6 Å². The lowest BCUT2D eigenvalue weighted by Crippen LogP contribution is -2.25.